The van der Waals surface area contributed by atoms with Gasteiger partial charge in [-0.2, -0.15) is 0 Å². The van der Waals surface area contributed by atoms with Crippen LogP contribution in [0.3, 0.4) is 0 Å². The minimum atomic E-state index is -0.603. The number of hydrogen-bond acceptors (Lipinski definition) is 2. The van der Waals surface area contributed by atoms with Crippen LogP contribution in [0, 0.1) is 0 Å². The summed E-state index contributed by atoms with van der Waals surface area (Å²) in [5.74, 6) is 0. The third-order valence-corrected chi connectivity index (χ3v) is 13.5. The van der Waals surface area contributed by atoms with Crippen LogP contribution in [-0.4, -0.2) is 0 Å². The number of anilines is 6. The Bertz CT molecular complexity index is 2910. The number of rotatable bonds is 4. The molecule has 0 atom stereocenters. The van der Waals surface area contributed by atoms with E-state index in [9.17, 15) is 0 Å². The normalized spacial score (nSPS) is 13.8. The second-order valence-corrected chi connectivity index (χ2v) is 20.7. The molecule has 0 aliphatic carbocycles. The fourth-order valence-corrected chi connectivity index (χ4v) is 10.0. The van der Waals surface area contributed by atoms with Crippen molar-refractivity contribution in [1.82, 2.24) is 0 Å². The first-order chi connectivity index (χ1) is 31.1. The molecule has 0 amide bonds. The SMILES string of the molecule is CC.CC(C)(C)c1cc(-c2ccc(N3c4ccccc4C4(c5ccccc5N(c5ccc(-c6ccccc6)cc5)c5ccccc54)c4cc(C(C)(C)C)ccc43)cc2)cc(C(C)(C)C)c1. The van der Waals surface area contributed by atoms with Gasteiger partial charge in [-0.3, -0.25) is 0 Å². The maximum absolute atomic E-state index is 2.52. The Morgan fingerprint density at radius 2 is 0.646 bits per heavy atom. The van der Waals surface area contributed by atoms with Gasteiger partial charge in [-0.25, -0.2) is 0 Å². The van der Waals surface area contributed by atoms with E-state index < -0.39 is 5.41 Å². The quantitative estimate of drug-likeness (QED) is 0.174. The van der Waals surface area contributed by atoms with E-state index >= 15 is 0 Å². The standard InChI is InChI=1S/C61H58N2.C2H6/c1-58(2,3)45-31-36-57-53(40-45)61(50-21-13-16-24-54(50)62(55-25-17-14-22-51(55)61)48-32-27-42(28-33-48)41-19-11-10-12-20-41)52-23-15-18-26-56(52)63(57)49-34-29-43(30-35-49)44-37-46(59(4,5)6)39-47(38-44)60(7,8)9;1-2/h10-40H,1-9H3;1-2H3. The first-order valence-electron chi connectivity index (χ1n) is 23.6. The van der Waals surface area contributed by atoms with Crippen molar-refractivity contribution in [1.29, 1.82) is 0 Å². The molecular weight excluding hydrogens is 785 g/mol. The predicted molar refractivity (Wildman–Crippen MR) is 280 cm³/mol. The molecule has 8 aromatic rings. The summed E-state index contributed by atoms with van der Waals surface area (Å²) < 4.78 is 0. The largest absolute Gasteiger partial charge is 0.310 e. The smallest absolute Gasteiger partial charge is 0.0783 e. The van der Waals surface area contributed by atoms with Gasteiger partial charge in [0.05, 0.1) is 28.2 Å². The van der Waals surface area contributed by atoms with Crippen molar-refractivity contribution in [2.45, 2.75) is 97.8 Å². The van der Waals surface area contributed by atoms with E-state index in [1.165, 1.54) is 83.9 Å². The Hall–Kier alpha value is -6.64. The maximum atomic E-state index is 2.52. The Balaban J connectivity index is 0.00000263. The number of fused-ring (bicyclic) bond motifs is 8. The van der Waals surface area contributed by atoms with Gasteiger partial charge in [-0.05, 0) is 126 Å². The fraction of sp³-hybridized carbons (Fsp3) is 0.238. The van der Waals surface area contributed by atoms with Gasteiger partial charge >= 0.3 is 0 Å². The van der Waals surface area contributed by atoms with Crippen LogP contribution in [0.1, 0.15) is 115 Å². The van der Waals surface area contributed by atoms with E-state index in [0.29, 0.717) is 0 Å². The fourth-order valence-electron chi connectivity index (χ4n) is 10.0. The van der Waals surface area contributed by atoms with Crippen LogP contribution in [0.25, 0.3) is 22.3 Å². The van der Waals surface area contributed by atoms with Crippen LogP contribution in [-0.2, 0) is 21.7 Å². The van der Waals surface area contributed by atoms with Crippen molar-refractivity contribution in [3.8, 4) is 22.3 Å². The van der Waals surface area contributed by atoms with E-state index in [1.54, 1.807) is 0 Å². The number of hydrogen-bond donors (Lipinski definition) is 0. The molecule has 2 nitrogen and oxygen atoms in total. The molecule has 2 heterocycles. The van der Waals surface area contributed by atoms with Crippen LogP contribution in [0.4, 0.5) is 34.1 Å². The van der Waals surface area contributed by atoms with Crippen LogP contribution in [0.5, 0.6) is 0 Å². The average molecular weight is 849 g/mol. The van der Waals surface area contributed by atoms with Crippen molar-refractivity contribution < 1.29 is 0 Å². The molecule has 0 saturated heterocycles. The van der Waals surface area contributed by atoms with Crippen LogP contribution < -0.4 is 9.80 Å². The van der Waals surface area contributed by atoms with Crippen molar-refractivity contribution in [3.63, 3.8) is 0 Å². The van der Waals surface area contributed by atoms with E-state index in [2.05, 4.69) is 260 Å². The molecule has 0 aromatic heterocycles. The summed E-state index contributed by atoms with van der Waals surface area (Å²) in [7, 11) is 0. The Morgan fingerprint density at radius 3 is 1.06 bits per heavy atom. The first kappa shape index (κ1) is 43.6. The zero-order valence-corrected chi connectivity index (χ0v) is 40.3. The lowest BCUT2D eigenvalue weighted by Gasteiger charge is -2.51. The second kappa shape index (κ2) is 16.4. The predicted octanol–water partition coefficient (Wildman–Crippen LogP) is 17.9. The highest BCUT2D eigenvalue weighted by molar-refractivity contribution is 5.97. The maximum Gasteiger partial charge on any atom is 0.0783 e. The Morgan fingerprint density at radius 1 is 0.292 bits per heavy atom. The molecule has 65 heavy (non-hydrogen) atoms. The van der Waals surface area contributed by atoms with Crippen LogP contribution in [0.2, 0.25) is 0 Å². The molecule has 2 aliphatic heterocycles. The topological polar surface area (TPSA) is 6.48 Å². The van der Waals surface area contributed by atoms with Gasteiger partial charge in [0.1, 0.15) is 0 Å². The third kappa shape index (κ3) is 7.47. The minimum Gasteiger partial charge on any atom is -0.310 e. The molecule has 0 unspecified atom stereocenters. The van der Waals surface area contributed by atoms with Gasteiger partial charge in [-0.15, -0.1) is 0 Å². The average Bonchev–Trinajstić information content (AvgIpc) is 3.31. The monoisotopic (exact) mass is 849 g/mol. The lowest BCUT2D eigenvalue weighted by atomic mass is 9.59. The molecule has 0 radical (unpaired) electrons. The minimum absolute atomic E-state index is 0.0411. The molecule has 2 aliphatic rings. The highest BCUT2D eigenvalue weighted by atomic mass is 15.2. The van der Waals surface area contributed by atoms with Gasteiger partial charge in [0.2, 0.25) is 0 Å². The number of para-hydroxylation sites is 3. The Kier molecular flexibility index (Phi) is 11.0. The summed E-state index contributed by atoms with van der Waals surface area (Å²) in [5.41, 5.74) is 20.6. The molecule has 0 bridgehead atoms. The summed E-state index contributed by atoms with van der Waals surface area (Å²) in [4.78, 5) is 4.99. The molecule has 0 fully saturated rings. The first-order valence-corrected chi connectivity index (χ1v) is 23.6. The highest BCUT2D eigenvalue weighted by Gasteiger charge is 2.52. The van der Waals surface area contributed by atoms with Crippen molar-refractivity contribution in [2.24, 2.45) is 0 Å². The molecule has 0 saturated carbocycles. The summed E-state index contributed by atoms with van der Waals surface area (Å²) in [5, 5.41) is 0. The molecular formula is C63H64N2. The molecule has 326 valence electrons. The molecule has 10 rings (SSSR count). The number of benzene rings is 8. The highest BCUT2D eigenvalue weighted by Crippen LogP contribution is 2.64. The van der Waals surface area contributed by atoms with Gasteiger partial charge in [0, 0.05) is 11.4 Å². The van der Waals surface area contributed by atoms with Crippen LogP contribution >= 0.6 is 0 Å². The van der Waals surface area contributed by atoms with Crippen molar-refractivity contribution in [3.05, 3.63) is 227 Å². The van der Waals surface area contributed by atoms with Crippen molar-refractivity contribution >= 4 is 34.1 Å². The van der Waals surface area contributed by atoms with Gasteiger partial charge in [0.25, 0.3) is 0 Å². The van der Waals surface area contributed by atoms with E-state index in [0.717, 1.165) is 11.4 Å². The van der Waals surface area contributed by atoms with E-state index in [1.807, 2.05) is 13.8 Å². The third-order valence-electron chi connectivity index (χ3n) is 13.5. The molecule has 8 aromatic carbocycles. The van der Waals surface area contributed by atoms with Crippen molar-refractivity contribution in [2.75, 3.05) is 9.80 Å². The van der Waals surface area contributed by atoms with Crippen LogP contribution in [0.15, 0.2) is 188 Å². The number of nitrogens with zero attached hydrogens (tertiary/aromatic N) is 2. The van der Waals surface area contributed by atoms with Gasteiger partial charge in [0.15, 0.2) is 0 Å². The Labute approximate surface area is 389 Å². The lowest BCUT2D eigenvalue weighted by molar-refractivity contribution is 0.569. The van der Waals surface area contributed by atoms with Gasteiger partial charge in [-0.1, -0.05) is 216 Å². The van der Waals surface area contributed by atoms with Gasteiger partial charge < -0.3 is 9.80 Å². The zero-order chi connectivity index (χ0) is 45.9. The summed E-state index contributed by atoms with van der Waals surface area (Å²) in [6.45, 7) is 24.9. The second-order valence-electron chi connectivity index (χ2n) is 20.7. The van der Waals surface area contributed by atoms with E-state index in [-0.39, 0.29) is 16.2 Å². The van der Waals surface area contributed by atoms with E-state index in [4.69, 9.17) is 0 Å². The molecule has 2 heteroatoms. The molecule has 1 spiro atoms. The zero-order valence-electron chi connectivity index (χ0n) is 40.3. The summed E-state index contributed by atoms with van der Waals surface area (Å²) in [6.07, 6.45) is 0. The summed E-state index contributed by atoms with van der Waals surface area (Å²) in [6, 6.07) is 70.9. The molecule has 0 N–H and O–H groups in total. The summed E-state index contributed by atoms with van der Waals surface area (Å²) >= 11 is 0. The lowest BCUT2D eigenvalue weighted by Crippen LogP contribution is -2.42.